The fourth-order valence-corrected chi connectivity index (χ4v) is 2.94. The number of imide groups is 1. The number of carbonyl (C=O) groups excluding carboxylic acids is 4. The Morgan fingerprint density at radius 2 is 1.96 bits per heavy atom. The van der Waals surface area contributed by atoms with Crippen LogP contribution in [-0.2, 0) is 19.1 Å². The van der Waals surface area contributed by atoms with Crippen LogP contribution in [0, 0.1) is 0 Å². The second kappa shape index (κ2) is 8.52. The van der Waals surface area contributed by atoms with Gasteiger partial charge in [0.25, 0.3) is 11.1 Å². The number of rotatable bonds is 6. The molecule has 0 bridgehead atoms. The fourth-order valence-electron chi connectivity index (χ4n) is 2.10. The molecular formula is C17H17NO7S. The average Bonchev–Trinajstić information content (AvgIpc) is 2.84. The Bertz CT molecular complexity index is 787. The van der Waals surface area contributed by atoms with Gasteiger partial charge in [-0.25, -0.2) is 0 Å². The summed E-state index contributed by atoms with van der Waals surface area (Å²) in [4.78, 5) is 47.7. The number of nitrogens with zero attached hydrogens (tertiary/aromatic N) is 1. The number of thioether (sulfide) groups is 1. The first-order valence-corrected chi connectivity index (χ1v) is 8.44. The van der Waals surface area contributed by atoms with Crippen molar-refractivity contribution in [2.45, 2.75) is 13.8 Å². The second-order valence-electron chi connectivity index (χ2n) is 5.08. The molecule has 0 unspecified atom stereocenters. The highest BCUT2D eigenvalue weighted by Gasteiger charge is 2.36. The van der Waals surface area contributed by atoms with Crippen molar-refractivity contribution in [1.29, 1.82) is 0 Å². The largest absolute Gasteiger partial charge is 0.490 e. The summed E-state index contributed by atoms with van der Waals surface area (Å²) in [6.07, 6.45) is 1.50. The zero-order chi connectivity index (χ0) is 19.3. The van der Waals surface area contributed by atoms with E-state index >= 15 is 0 Å². The Labute approximate surface area is 154 Å². The van der Waals surface area contributed by atoms with Gasteiger partial charge in [0.15, 0.2) is 11.5 Å². The van der Waals surface area contributed by atoms with Crippen molar-refractivity contribution < 1.29 is 33.4 Å². The highest BCUT2D eigenvalue weighted by atomic mass is 32.2. The average molecular weight is 379 g/mol. The molecule has 1 saturated heterocycles. The number of carbonyl (C=O) groups is 4. The van der Waals surface area contributed by atoms with Crippen LogP contribution in [0.25, 0.3) is 6.08 Å². The van der Waals surface area contributed by atoms with Gasteiger partial charge in [-0.05, 0) is 42.5 Å². The second-order valence-corrected chi connectivity index (χ2v) is 6.07. The van der Waals surface area contributed by atoms with Gasteiger partial charge < -0.3 is 14.2 Å². The Kier molecular flexibility index (Phi) is 6.40. The monoisotopic (exact) mass is 379 g/mol. The third-order valence-corrected chi connectivity index (χ3v) is 4.11. The van der Waals surface area contributed by atoms with Crippen LogP contribution in [0.15, 0.2) is 23.1 Å². The molecule has 0 spiro atoms. The Morgan fingerprint density at radius 1 is 1.23 bits per heavy atom. The molecule has 1 aliphatic heterocycles. The van der Waals surface area contributed by atoms with Gasteiger partial charge in [0.05, 0.1) is 18.6 Å². The van der Waals surface area contributed by atoms with Crippen LogP contribution < -0.4 is 9.47 Å². The predicted octanol–water partition coefficient (Wildman–Crippen LogP) is 2.22. The van der Waals surface area contributed by atoms with E-state index in [2.05, 4.69) is 4.74 Å². The maximum Gasteiger partial charge on any atom is 0.325 e. The normalized spacial score (nSPS) is 15.3. The quantitative estimate of drug-likeness (QED) is 0.421. The highest BCUT2D eigenvalue weighted by molar-refractivity contribution is 8.18. The van der Waals surface area contributed by atoms with Gasteiger partial charge >= 0.3 is 11.9 Å². The molecule has 2 amide bonds. The molecule has 1 aliphatic rings. The summed E-state index contributed by atoms with van der Waals surface area (Å²) in [6, 6.07) is 4.75. The molecule has 26 heavy (non-hydrogen) atoms. The maximum atomic E-state index is 12.3. The van der Waals surface area contributed by atoms with E-state index in [0.29, 0.717) is 17.9 Å². The lowest BCUT2D eigenvalue weighted by molar-refractivity contribution is -0.143. The van der Waals surface area contributed by atoms with E-state index < -0.39 is 29.6 Å². The number of ether oxygens (including phenoxy) is 3. The molecule has 8 nitrogen and oxygen atoms in total. The molecule has 1 heterocycles. The minimum atomic E-state index is -0.682. The third-order valence-electron chi connectivity index (χ3n) is 3.21. The van der Waals surface area contributed by atoms with Crippen molar-refractivity contribution in [2.75, 3.05) is 20.3 Å². The number of amides is 2. The number of hydrogen-bond acceptors (Lipinski definition) is 8. The first-order valence-electron chi connectivity index (χ1n) is 7.63. The molecular weight excluding hydrogens is 362 g/mol. The molecule has 2 rings (SSSR count). The van der Waals surface area contributed by atoms with Crippen molar-refractivity contribution in [3.8, 4) is 11.5 Å². The van der Waals surface area contributed by atoms with Crippen LogP contribution in [0.4, 0.5) is 4.79 Å². The van der Waals surface area contributed by atoms with E-state index in [4.69, 9.17) is 9.47 Å². The molecule has 138 valence electrons. The molecule has 0 atom stereocenters. The highest BCUT2D eigenvalue weighted by Crippen LogP contribution is 2.34. The summed E-state index contributed by atoms with van der Waals surface area (Å²) in [7, 11) is 1.18. The standard InChI is InChI=1S/C17H17NO7S/c1-4-24-13-7-11(5-6-12(13)25-10(2)19)8-14-16(21)18(17(22)26-14)9-15(20)23-3/h5-8H,4,9H2,1-3H3/b14-8-. The first kappa shape index (κ1) is 19.5. The number of esters is 2. The van der Waals surface area contributed by atoms with E-state index in [-0.39, 0.29) is 10.7 Å². The molecule has 1 fully saturated rings. The van der Waals surface area contributed by atoms with Gasteiger partial charge in [-0.15, -0.1) is 0 Å². The minimum Gasteiger partial charge on any atom is -0.490 e. The Hall–Kier alpha value is -2.81. The molecule has 0 saturated carbocycles. The smallest absolute Gasteiger partial charge is 0.325 e. The summed E-state index contributed by atoms with van der Waals surface area (Å²) < 4.78 is 15.0. The van der Waals surface area contributed by atoms with Crippen molar-refractivity contribution in [1.82, 2.24) is 4.90 Å². The summed E-state index contributed by atoms with van der Waals surface area (Å²) in [5.74, 6) is -1.14. The van der Waals surface area contributed by atoms with Crippen molar-refractivity contribution in [3.63, 3.8) is 0 Å². The van der Waals surface area contributed by atoms with Crippen molar-refractivity contribution in [2.24, 2.45) is 0 Å². The lowest BCUT2D eigenvalue weighted by Crippen LogP contribution is -2.34. The van der Waals surface area contributed by atoms with Crippen molar-refractivity contribution >= 4 is 40.9 Å². The Morgan fingerprint density at radius 3 is 2.58 bits per heavy atom. The van der Waals surface area contributed by atoms with Gasteiger partial charge in [-0.1, -0.05) is 6.07 Å². The molecule has 0 radical (unpaired) electrons. The first-order chi connectivity index (χ1) is 12.3. The van der Waals surface area contributed by atoms with Crippen LogP contribution in [0.1, 0.15) is 19.4 Å². The SMILES string of the molecule is CCOc1cc(/C=C2\SC(=O)N(CC(=O)OC)C2=O)ccc1OC(C)=O. The van der Waals surface area contributed by atoms with E-state index in [1.807, 2.05) is 0 Å². The Balaban J connectivity index is 2.27. The number of benzene rings is 1. The van der Waals surface area contributed by atoms with Gasteiger partial charge in [0.2, 0.25) is 0 Å². The van der Waals surface area contributed by atoms with Gasteiger partial charge in [-0.2, -0.15) is 0 Å². The number of methoxy groups -OCH3 is 1. The molecule has 0 aromatic heterocycles. The topological polar surface area (TPSA) is 99.2 Å². The third kappa shape index (κ3) is 4.63. The summed E-state index contributed by atoms with van der Waals surface area (Å²) in [5.41, 5.74) is 0.577. The van der Waals surface area contributed by atoms with Gasteiger partial charge in [0.1, 0.15) is 6.54 Å². The fraction of sp³-hybridized carbons (Fsp3) is 0.294. The summed E-state index contributed by atoms with van der Waals surface area (Å²) in [6.45, 7) is 2.98. The van der Waals surface area contributed by atoms with Crippen LogP contribution in [0.2, 0.25) is 0 Å². The summed E-state index contributed by atoms with van der Waals surface area (Å²) in [5, 5.41) is -0.548. The van der Waals surface area contributed by atoms with Gasteiger partial charge in [-0.3, -0.25) is 24.1 Å². The minimum absolute atomic E-state index is 0.168. The van der Waals surface area contributed by atoms with Crippen LogP contribution >= 0.6 is 11.8 Å². The van der Waals surface area contributed by atoms with Crippen LogP contribution in [0.3, 0.4) is 0 Å². The maximum absolute atomic E-state index is 12.3. The van der Waals surface area contributed by atoms with E-state index in [0.717, 1.165) is 16.7 Å². The van der Waals surface area contributed by atoms with E-state index in [1.165, 1.54) is 26.2 Å². The predicted molar refractivity (Wildman–Crippen MR) is 93.6 cm³/mol. The molecule has 1 aromatic carbocycles. The molecule has 0 aliphatic carbocycles. The van der Waals surface area contributed by atoms with Crippen LogP contribution in [-0.4, -0.2) is 48.2 Å². The molecule has 1 aromatic rings. The molecule has 9 heteroatoms. The van der Waals surface area contributed by atoms with Crippen molar-refractivity contribution in [3.05, 3.63) is 28.7 Å². The summed E-state index contributed by atoms with van der Waals surface area (Å²) >= 11 is 0.728. The lowest BCUT2D eigenvalue weighted by atomic mass is 10.2. The van der Waals surface area contributed by atoms with E-state index in [9.17, 15) is 19.2 Å². The molecule has 0 N–H and O–H groups in total. The lowest BCUT2D eigenvalue weighted by Gasteiger charge is -2.11. The zero-order valence-electron chi connectivity index (χ0n) is 14.4. The zero-order valence-corrected chi connectivity index (χ0v) is 15.3. The van der Waals surface area contributed by atoms with Crippen LogP contribution in [0.5, 0.6) is 11.5 Å². The van der Waals surface area contributed by atoms with E-state index in [1.54, 1.807) is 19.1 Å². The number of hydrogen-bond donors (Lipinski definition) is 0. The van der Waals surface area contributed by atoms with Gasteiger partial charge in [0, 0.05) is 6.92 Å².